The number of ether oxygens (including phenoxy) is 1. The monoisotopic (exact) mass is 506 g/mol. The van der Waals surface area contributed by atoms with Crippen molar-refractivity contribution >= 4 is 44.5 Å². The zero-order chi connectivity index (χ0) is 22.1. The molecule has 0 spiro atoms. The molecule has 3 aromatic rings. The van der Waals surface area contributed by atoms with Crippen LogP contribution >= 0.6 is 27.7 Å². The summed E-state index contributed by atoms with van der Waals surface area (Å²) in [5, 5.41) is 11.3. The number of hydrazone groups is 1. The Kier molecular flexibility index (Phi) is 5.71. The van der Waals surface area contributed by atoms with Gasteiger partial charge in [-0.1, -0.05) is 76.2 Å². The number of carbonyl (C=O) groups excluding carboxylic acids is 1. The van der Waals surface area contributed by atoms with Gasteiger partial charge < -0.3 is 4.74 Å². The number of rotatable bonds is 4. The molecule has 0 aliphatic carbocycles. The summed E-state index contributed by atoms with van der Waals surface area (Å²) in [4.78, 5) is 18.0. The maximum atomic E-state index is 13.0. The molecule has 0 unspecified atom stereocenters. The van der Waals surface area contributed by atoms with Crippen LogP contribution in [0.1, 0.15) is 17.3 Å². The fourth-order valence-corrected chi connectivity index (χ4v) is 4.45. The number of amidine groups is 1. The molecule has 160 valence electrons. The quantitative estimate of drug-likeness (QED) is 0.587. The van der Waals surface area contributed by atoms with Crippen LogP contribution in [0.25, 0.3) is 5.70 Å². The summed E-state index contributed by atoms with van der Waals surface area (Å²) in [6, 6.07) is 23.4. The Bertz CT molecular complexity index is 1340. The first kappa shape index (κ1) is 20.8. The molecule has 0 radical (unpaired) electrons. The van der Waals surface area contributed by atoms with Gasteiger partial charge in [0.15, 0.2) is 11.3 Å². The molecular weight excluding hydrogens is 488 g/mol. The summed E-state index contributed by atoms with van der Waals surface area (Å²) in [6.07, 6.45) is 1.33. The van der Waals surface area contributed by atoms with E-state index in [0.717, 1.165) is 26.2 Å². The fourth-order valence-electron chi connectivity index (χ4n) is 3.71. The second-order valence-corrected chi connectivity index (χ2v) is 8.94. The molecule has 0 saturated carbocycles. The van der Waals surface area contributed by atoms with E-state index in [9.17, 15) is 4.79 Å². The van der Waals surface area contributed by atoms with Crippen LogP contribution in [0.4, 0.5) is 0 Å². The molecule has 2 aliphatic rings. The lowest BCUT2D eigenvalue weighted by Gasteiger charge is -2.34. The molecule has 0 bridgehead atoms. The van der Waals surface area contributed by atoms with Crippen LogP contribution in [-0.2, 0) is 11.4 Å². The second-order valence-electron chi connectivity index (χ2n) is 7.23. The maximum absolute atomic E-state index is 13.0. The van der Waals surface area contributed by atoms with E-state index in [-0.39, 0.29) is 5.91 Å². The molecule has 1 amide bonds. The van der Waals surface area contributed by atoms with Crippen molar-refractivity contribution in [3.63, 3.8) is 0 Å². The molecule has 6 nitrogen and oxygen atoms in total. The normalized spacial score (nSPS) is 17.0. The molecule has 1 N–H and O–H groups in total. The third kappa shape index (κ3) is 3.91. The smallest absolute Gasteiger partial charge is 0.276 e. The van der Waals surface area contributed by atoms with Crippen LogP contribution in [0.15, 0.2) is 87.4 Å². The summed E-state index contributed by atoms with van der Waals surface area (Å²) < 4.78 is 7.10. The van der Waals surface area contributed by atoms with Crippen molar-refractivity contribution in [1.82, 2.24) is 10.3 Å². The van der Waals surface area contributed by atoms with Crippen LogP contribution in [0.5, 0.6) is 5.75 Å². The summed E-state index contributed by atoms with van der Waals surface area (Å²) in [7, 11) is 0. The van der Waals surface area contributed by atoms with Crippen LogP contribution < -0.4 is 20.6 Å². The number of amides is 1. The highest BCUT2D eigenvalue weighted by Crippen LogP contribution is 2.37. The maximum Gasteiger partial charge on any atom is 0.276 e. The predicted molar refractivity (Wildman–Crippen MR) is 129 cm³/mol. The van der Waals surface area contributed by atoms with E-state index in [1.54, 1.807) is 5.01 Å². The highest BCUT2D eigenvalue weighted by atomic mass is 79.9. The van der Waals surface area contributed by atoms with Crippen molar-refractivity contribution in [3.05, 3.63) is 99.0 Å². The van der Waals surface area contributed by atoms with Gasteiger partial charge in [-0.3, -0.25) is 15.1 Å². The Morgan fingerprint density at radius 3 is 2.69 bits per heavy atom. The largest absolute Gasteiger partial charge is 0.488 e. The number of carbonyl (C=O) groups is 1. The molecule has 1 atom stereocenters. The van der Waals surface area contributed by atoms with Gasteiger partial charge in [-0.05, 0) is 36.1 Å². The van der Waals surface area contributed by atoms with E-state index in [1.807, 2.05) is 79.1 Å². The number of para-hydroxylation sites is 1. The first-order chi connectivity index (χ1) is 15.6. The molecule has 32 heavy (non-hydrogen) atoms. The highest BCUT2D eigenvalue weighted by Gasteiger charge is 2.35. The number of fused-ring (bicyclic) bond motifs is 2. The number of halogens is 1. The summed E-state index contributed by atoms with van der Waals surface area (Å²) in [5.74, 6) is 0.495. The number of thioether (sulfide) groups is 1. The summed E-state index contributed by atoms with van der Waals surface area (Å²) in [5.41, 5.74) is 2.37. The van der Waals surface area contributed by atoms with Gasteiger partial charge in [0, 0.05) is 15.3 Å². The third-order valence-corrected chi connectivity index (χ3v) is 6.26. The predicted octanol–water partition coefficient (Wildman–Crippen LogP) is 3.53. The van der Waals surface area contributed by atoms with Gasteiger partial charge in [-0.25, -0.2) is 5.01 Å². The van der Waals surface area contributed by atoms with Crippen molar-refractivity contribution in [3.8, 4) is 5.75 Å². The van der Waals surface area contributed by atoms with Crippen LogP contribution in [-0.4, -0.2) is 22.3 Å². The Morgan fingerprint density at radius 2 is 1.88 bits per heavy atom. The third-order valence-electron chi connectivity index (χ3n) is 5.20. The SMILES string of the molecule is CSC1=NN2C(=c3ccccc3=N[C@@H]2c2cc(Br)ccc2OCc2ccccc2)C(=O)N1. The van der Waals surface area contributed by atoms with Gasteiger partial charge in [0.05, 0.1) is 5.36 Å². The van der Waals surface area contributed by atoms with Gasteiger partial charge in [0.1, 0.15) is 18.1 Å². The Morgan fingerprint density at radius 1 is 1.09 bits per heavy atom. The molecule has 2 heterocycles. The van der Waals surface area contributed by atoms with Gasteiger partial charge in [0.25, 0.3) is 5.91 Å². The minimum Gasteiger partial charge on any atom is -0.488 e. The molecular formula is C24H19BrN4O2S. The van der Waals surface area contributed by atoms with Gasteiger partial charge >= 0.3 is 0 Å². The zero-order valence-corrected chi connectivity index (χ0v) is 19.6. The van der Waals surface area contributed by atoms with Crippen molar-refractivity contribution in [2.24, 2.45) is 10.1 Å². The van der Waals surface area contributed by atoms with E-state index in [2.05, 4.69) is 21.2 Å². The van der Waals surface area contributed by atoms with Crippen molar-refractivity contribution in [1.29, 1.82) is 0 Å². The average molecular weight is 507 g/mol. The summed E-state index contributed by atoms with van der Waals surface area (Å²) >= 11 is 4.95. The van der Waals surface area contributed by atoms with Crippen molar-refractivity contribution in [2.45, 2.75) is 12.8 Å². The van der Waals surface area contributed by atoms with Crippen LogP contribution in [0, 0.1) is 0 Å². The van der Waals surface area contributed by atoms with E-state index in [4.69, 9.17) is 14.8 Å². The zero-order valence-electron chi connectivity index (χ0n) is 17.2. The summed E-state index contributed by atoms with van der Waals surface area (Å²) in [6.45, 7) is 0.426. The first-order valence-corrected chi connectivity index (χ1v) is 12.0. The van der Waals surface area contributed by atoms with Gasteiger partial charge in [0.2, 0.25) is 0 Å². The lowest BCUT2D eigenvalue weighted by atomic mass is 10.1. The van der Waals surface area contributed by atoms with E-state index in [0.29, 0.717) is 23.2 Å². The van der Waals surface area contributed by atoms with Crippen molar-refractivity contribution in [2.75, 3.05) is 6.26 Å². The number of nitrogens with zero attached hydrogens (tertiary/aromatic N) is 3. The molecule has 5 rings (SSSR count). The number of hydrogen-bond donors (Lipinski definition) is 1. The first-order valence-electron chi connectivity index (χ1n) is 10.0. The van der Waals surface area contributed by atoms with E-state index >= 15 is 0 Å². The molecule has 0 fully saturated rings. The van der Waals surface area contributed by atoms with E-state index < -0.39 is 6.17 Å². The number of benzene rings is 3. The van der Waals surface area contributed by atoms with Gasteiger partial charge in [-0.15, -0.1) is 5.10 Å². The molecule has 8 heteroatoms. The molecule has 2 aliphatic heterocycles. The van der Waals surface area contributed by atoms with Crippen LogP contribution in [0.2, 0.25) is 0 Å². The lowest BCUT2D eigenvalue weighted by molar-refractivity contribution is -0.116. The minimum atomic E-state index is -0.545. The topological polar surface area (TPSA) is 66.3 Å². The second kappa shape index (κ2) is 8.80. The Hall–Kier alpha value is -3.10. The molecule has 0 saturated heterocycles. The number of nitrogens with one attached hydrogen (secondary N) is 1. The molecule has 3 aromatic carbocycles. The Balaban J connectivity index is 1.63. The molecule has 0 aromatic heterocycles. The van der Waals surface area contributed by atoms with E-state index in [1.165, 1.54) is 11.8 Å². The minimum absolute atomic E-state index is 0.196. The average Bonchev–Trinajstić information content (AvgIpc) is 2.83. The lowest BCUT2D eigenvalue weighted by Crippen LogP contribution is -2.50. The van der Waals surface area contributed by atoms with Crippen LogP contribution in [0.3, 0.4) is 0 Å². The highest BCUT2D eigenvalue weighted by molar-refractivity contribution is 9.10. The fraction of sp³-hybridized carbons (Fsp3) is 0.125. The standard InChI is InChI=1S/C24H19BrN4O2S/c1-32-24-27-23(30)21-17-9-5-6-10-19(17)26-22(29(21)28-24)18-13-16(25)11-12-20(18)31-14-15-7-3-2-4-8-15/h2-13,22H,14H2,1H3,(H,27,28,30)/t22-/m0/s1. The van der Waals surface area contributed by atoms with Crippen molar-refractivity contribution < 1.29 is 9.53 Å². The number of hydrogen-bond acceptors (Lipinski definition) is 6. The van der Waals surface area contributed by atoms with Gasteiger partial charge in [-0.2, -0.15) is 0 Å². The Labute approximate surface area is 197 Å².